The van der Waals surface area contributed by atoms with Crippen LogP contribution < -0.4 is 4.31 Å². The minimum atomic E-state index is -3.88. The van der Waals surface area contributed by atoms with Crippen molar-refractivity contribution < 1.29 is 13.2 Å². The van der Waals surface area contributed by atoms with Crippen molar-refractivity contribution in [3.05, 3.63) is 96.1 Å². The lowest BCUT2D eigenvalue weighted by Gasteiger charge is -2.36. The van der Waals surface area contributed by atoms with E-state index >= 15 is 0 Å². The molecule has 1 aliphatic heterocycles. The second kappa shape index (κ2) is 10.2. The maximum absolute atomic E-state index is 13.5. The standard InChI is InChI=1S/C26H29N3O3S/c1-22-12-14-25(15-13-22)33(31,32)29(24-10-6-3-7-11-24)21-26(30)28-18-16-27(17-19-28)20-23-8-4-2-5-9-23/h2-15H,16-21H2,1H3. The van der Waals surface area contributed by atoms with E-state index < -0.39 is 10.0 Å². The summed E-state index contributed by atoms with van der Waals surface area (Å²) in [6.45, 7) is 5.22. The van der Waals surface area contributed by atoms with Crippen LogP contribution in [0, 0.1) is 6.92 Å². The summed E-state index contributed by atoms with van der Waals surface area (Å²) in [5.74, 6) is -0.186. The van der Waals surface area contributed by atoms with Crippen LogP contribution >= 0.6 is 0 Å². The molecule has 0 aromatic heterocycles. The molecule has 1 aliphatic rings. The summed E-state index contributed by atoms with van der Waals surface area (Å²) < 4.78 is 28.1. The molecule has 0 radical (unpaired) electrons. The molecule has 172 valence electrons. The zero-order chi connectivity index (χ0) is 23.3. The summed E-state index contributed by atoms with van der Waals surface area (Å²) in [7, 11) is -3.88. The second-order valence-electron chi connectivity index (χ2n) is 8.30. The summed E-state index contributed by atoms with van der Waals surface area (Å²) >= 11 is 0. The number of amides is 1. The second-order valence-corrected chi connectivity index (χ2v) is 10.2. The van der Waals surface area contributed by atoms with E-state index in [1.807, 2.05) is 31.2 Å². The molecule has 0 bridgehead atoms. The van der Waals surface area contributed by atoms with Gasteiger partial charge in [-0.25, -0.2) is 8.42 Å². The molecule has 4 rings (SSSR count). The van der Waals surface area contributed by atoms with Gasteiger partial charge in [-0.2, -0.15) is 0 Å². The third-order valence-corrected chi connectivity index (χ3v) is 7.69. The highest BCUT2D eigenvalue weighted by Crippen LogP contribution is 2.24. The Balaban J connectivity index is 1.47. The summed E-state index contributed by atoms with van der Waals surface area (Å²) in [6, 6.07) is 25.8. The van der Waals surface area contributed by atoms with E-state index in [1.165, 1.54) is 9.87 Å². The lowest BCUT2D eigenvalue weighted by Crippen LogP contribution is -2.51. The Morgan fingerprint density at radius 3 is 2.00 bits per heavy atom. The molecule has 1 saturated heterocycles. The van der Waals surface area contributed by atoms with Crippen LogP contribution in [0.1, 0.15) is 11.1 Å². The Kier molecular flexibility index (Phi) is 7.11. The molecule has 3 aromatic rings. The van der Waals surface area contributed by atoms with Gasteiger partial charge in [0.05, 0.1) is 10.6 Å². The highest BCUT2D eigenvalue weighted by molar-refractivity contribution is 7.92. The van der Waals surface area contributed by atoms with E-state index in [9.17, 15) is 13.2 Å². The lowest BCUT2D eigenvalue weighted by atomic mass is 10.2. The summed E-state index contributed by atoms with van der Waals surface area (Å²) in [5.41, 5.74) is 2.70. The highest BCUT2D eigenvalue weighted by atomic mass is 32.2. The molecule has 1 fully saturated rings. The first-order valence-electron chi connectivity index (χ1n) is 11.1. The molecular weight excluding hydrogens is 434 g/mol. The van der Waals surface area contributed by atoms with Crippen LogP contribution in [0.2, 0.25) is 0 Å². The normalized spacial score (nSPS) is 14.8. The molecule has 0 unspecified atom stereocenters. The van der Waals surface area contributed by atoms with Crippen molar-refractivity contribution in [3.63, 3.8) is 0 Å². The highest BCUT2D eigenvalue weighted by Gasteiger charge is 2.30. The molecule has 0 aliphatic carbocycles. The lowest BCUT2D eigenvalue weighted by molar-refractivity contribution is -0.131. The van der Waals surface area contributed by atoms with E-state index in [0.717, 1.165) is 25.2 Å². The van der Waals surface area contributed by atoms with E-state index in [1.54, 1.807) is 53.4 Å². The van der Waals surface area contributed by atoms with Gasteiger partial charge >= 0.3 is 0 Å². The largest absolute Gasteiger partial charge is 0.339 e. The number of hydrogen-bond donors (Lipinski definition) is 0. The van der Waals surface area contributed by atoms with Crippen LogP contribution in [0.25, 0.3) is 0 Å². The van der Waals surface area contributed by atoms with Crippen molar-refractivity contribution in [2.75, 3.05) is 37.0 Å². The molecule has 1 amide bonds. The summed E-state index contributed by atoms with van der Waals surface area (Å²) in [4.78, 5) is 17.4. The van der Waals surface area contributed by atoms with E-state index in [-0.39, 0.29) is 17.3 Å². The maximum atomic E-state index is 13.5. The van der Waals surface area contributed by atoms with Gasteiger partial charge in [0.2, 0.25) is 5.91 Å². The fraction of sp³-hybridized carbons (Fsp3) is 0.269. The molecule has 0 spiro atoms. The van der Waals surface area contributed by atoms with Gasteiger partial charge in [-0.1, -0.05) is 66.2 Å². The zero-order valence-electron chi connectivity index (χ0n) is 18.8. The molecule has 0 N–H and O–H groups in total. The molecule has 3 aromatic carbocycles. The number of sulfonamides is 1. The molecule has 0 atom stereocenters. The van der Waals surface area contributed by atoms with Crippen molar-refractivity contribution in [2.45, 2.75) is 18.4 Å². The molecule has 1 heterocycles. The predicted octanol–water partition coefficient (Wildman–Crippen LogP) is 3.53. The van der Waals surface area contributed by atoms with Crippen LogP contribution in [0.3, 0.4) is 0 Å². The Morgan fingerprint density at radius 1 is 0.818 bits per heavy atom. The number of aryl methyl sites for hydroxylation is 1. The number of benzene rings is 3. The van der Waals surface area contributed by atoms with Gasteiger partial charge in [-0.3, -0.25) is 14.0 Å². The number of para-hydroxylation sites is 1. The van der Waals surface area contributed by atoms with Crippen LogP contribution in [-0.4, -0.2) is 56.8 Å². The van der Waals surface area contributed by atoms with E-state index in [0.29, 0.717) is 18.8 Å². The Morgan fingerprint density at radius 2 is 1.39 bits per heavy atom. The smallest absolute Gasteiger partial charge is 0.264 e. The van der Waals surface area contributed by atoms with Gasteiger partial charge in [0.15, 0.2) is 0 Å². The Labute approximate surface area is 196 Å². The monoisotopic (exact) mass is 463 g/mol. The fourth-order valence-corrected chi connectivity index (χ4v) is 5.38. The molecule has 0 saturated carbocycles. The third kappa shape index (κ3) is 5.61. The number of rotatable bonds is 7. The number of piperazine rings is 1. The topological polar surface area (TPSA) is 60.9 Å². The van der Waals surface area contributed by atoms with Crippen LogP contribution in [0.4, 0.5) is 5.69 Å². The van der Waals surface area contributed by atoms with Gasteiger partial charge in [-0.05, 0) is 36.8 Å². The molecule has 6 nitrogen and oxygen atoms in total. The van der Waals surface area contributed by atoms with Crippen molar-refractivity contribution in [1.82, 2.24) is 9.80 Å². The number of hydrogen-bond acceptors (Lipinski definition) is 4. The van der Waals surface area contributed by atoms with Crippen LogP contribution in [0.15, 0.2) is 89.8 Å². The first kappa shape index (κ1) is 23.0. The Bertz CT molecular complexity index is 1160. The van der Waals surface area contributed by atoms with Gasteiger partial charge in [-0.15, -0.1) is 0 Å². The van der Waals surface area contributed by atoms with Crippen molar-refractivity contribution >= 4 is 21.6 Å². The number of carbonyl (C=O) groups is 1. The maximum Gasteiger partial charge on any atom is 0.264 e. The van der Waals surface area contributed by atoms with Gasteiger partial charge < -0.3 is 4.90 Å². The molecule has 7 heteroatoms. The fourth-order valence-electron chi connectivity index (χ4n) is 3.97. The minimum Gasteiger partial charge on any atom is -0.339 e. The van der Waals surface area contributed by atoms with Gasteiger partial charge in [0.25, 0.3) is 10.0 Å². The van der Waals surface area contributed by atoms with Crippen molar-refractivity contribution in [2.24, 2.45) is 0 Å². The molecular formula is C26H29N3O3S. The summed E-state index contributed by atoms with van der Waals surface area (Å²) in [6.07, 6.45) is 0. The van der Waals surface area contributed by atoms with E-state index in [4.69, 9.17) is 0 Å². The minimum absolute atomic E-state index is 0.178. The average Bonchev–Trinajstić information content (AvgIpc) is 2.84. The zero-order valence-corrected chi connectivity index (χ0v) is 19.6. The summed E-state index contributed by atoms with van der Waals surface area (Å²) in [5, 5.41) is 0. The average molecular weight is 464 g/mol. The predicted molar refractivity (Wildman–Crippen MR) is 130 cm³/mol. The number of carbonyl (C=O) groups excluding carboxylic acids is 1. The quantitative estimate of drug-likeness (QED) is 0.538. The first-order valence-corrected chi connectivity index (χ1v) is 12.6. The van der Waals surface area contributed by atoms with Crippen LogP contribution in [0.5, 0.6) is 0 Å². The third-order valence-electron chi connectivity index (χ3n) is 5.91. The Hall–Kier alpha value is -3.16. The molecule has 33 heavy (non-hydrogen) atoms. The SMILES string of the molecule is Cc1ccc(S(=O)(=O)N(CC(=O)N2CCN(Cc3ccccc3)CC2)c2ccccc2)cc1. The van der Waals surface area contributed by atoms with Crippen molar-refractivity contribution in [3.8, 4) is 0 Å². The van der Waals surface area contributed by atoms with E-state index in [2.05, 4.69) is 17.0 Å². The van der Waals surface area contributed by atoms with Gasteiger partial charge in [0, 0.05) is 32.7 Å². The van der Waals surface area contributed by atoms with Gasteiger partial charge in [0.1, 0.15) is 6.54 Å². The van der Waals surface area contributed by atoms with Crippen LogP contribution in [-0.2, 0) is 21.4 Å². The van der Waals surface area contributed by atoms with Crippen molar-refractivity contribution in [1.29, 1.82) is 0 Å². The number of nitrogens with zero attached hydrogens (tertiary/aromatic N) is 3. The number of anilines is 1. The first-order chi connectivity index (χ1) is 15.9.